The van der Waals surface area contributed by atoms with Crippen molar-refractivity contribution in [3.8, 4) is 0 Å². The topological polar surface area (TPSA) is 80.0 Å². The molecule has 3 aromatic rings. The standard InChI is InChI=1S/C23H21F3N4O/c24-19-3-4-20(25)22(26)17(19)11-30-21-9-16(29-12-18(21)23(27)31)8-13-1-2-15-10-28-6-5-14(15)7-13/h1-4,7,9,12,28H,5-6,8,10-11H2,(H2,27,31)(H,29,30). The molecule has 0 saturated carbocycles. The van der Waals surface area contributed by atoms with Gasteiger partial charge in [0, 0.05) is 37.0 Å². The molecule has 0 saturated heterocycles. The lowest BCUT2D eigenvalue weighted by atomic mass is 9.96. The molecule has 0 bridgehead atoms. The number of pyridine rings is 1. The third-order valence-corrected chi connectivity index (χ3v) is 5.36. The van der Waals surface area contributed by atoms with Crippen LogP contribution >= 0.6 is 0 Å². The number of anilines is 1. The average molecular weight is 426 g/mol. The summed E-state index contributed by atoms with van der Waals surface area (Å²) in [5.41, 5.74) is 9.59. The van der Waals surface area contributed by atoms with Crippen LogP contribution in [0.1, 0.15) is 38.3 Å². The van der Waals surface area contributed by atoms with Gasteiger partial charge in [0.2, 0.25) is 0 Å². The maximum Gasteiger partial charge on any atom is 0.252 e. The van der Waals surface area contributed by atoms with E-state index in [-0.39, 0.29) is 17.8 Å². The fourth-order valence-corrected chi connectivity index (χ4v) is 3.70. The van der Waals surface area contributed by atoms with Gasteiger partial charge in [0.25, 0.3) is 5.91 Å². The molecule has 0 aliphatic carbocycles. The Morgan fingerprint density at radius 1 is 1.10 bits per heavy atom. The fraction of sp³-hybridized carbons (Fsp3) is 0.217. The molecule has 0 atom stereocenters. The van der Waals surface area contributed by atoms with Crippen molar-refractivity contribution in [3.63, 3.8) is 0 Å². The first-order valence-electron chi connectivity index (χ1n) is 9.88. The number of nitrogens with two attached hydrogens (primary N) is 1. The Balaban J connectivity index is 1.58. The van der Waals surface area contributed by atoms with E-state index in [2.05, 4.69) is 27.8 Å². The first-order chi connectivity index (χ1) is 14.9. The number of halogens is 3. The molecule has 5 nitrogen and oxygen atoms in total. The number of carbonyl (C=O) groups is 1. The Morgan fingerprint density at radius 3 is 2.71 bits per heavy atom. The fourth-order valence-electron chi connectivity index (χ4n) is 3.70. The molecule has 2 heterocycles. The monoisotopic (exact) mass is 426 g/mol. The smallest absolute Gasteiger partial charge is 0.252 e. The Kier molecular flexibility index (Phi) is 5.90. The zero-order valence-corrected chi connectivity index (χ0v) is 16.6. The van der Waals surface area contributed by atoms with Crippen molar-refractivity contribution in [1.82, 2.24) is 10.3 Å². The molecule has 4 rings (SSSR count). The quantitative estimate of drug-likeness (QED) is 0.528. The van der Waals surface area contributed by atoms with Crippen molar-refractivity contribution < 1.29 is 18.0 Å². The number of benzene rings is 2. The minimum Gasteiger partial charge on any atom is -0.380 e. The van der Waals surface area contributed by atoms with Crippen LogP contribution in [0, 0.1) is 17.5 Å². The predicted molar refractivity (Wildman–Crippen MR) is 111 cm³/mol. The van der Waals surface area contributed by atoms with Gasteiger partial charge in [-0.1, -0.05) is 18.2 Å². The van der Waals surface area contributed by atoms with Gasteiger partial charge in [-0.2, -0.15) is 0 Å². The van der Waals surface area contributed by atoms with E-state index >= 15 is 0 Å². The van der Waals surface area contributed by atoms with Crippen molar-refractivity contribution >= 4 is 11.6 Å². The summed E-state index contributed by atoms with van der Waals surface area (Å²) >= 11 is 0. The molecule has 0 radical (unpaired) electrons. The highest BCUT2D eigenvalue weighted by Crippen LogP contribution is 2.23. The number of nitrogens with zero attached hydrogens (tertiary/aromatic N) is 1. The van der Waals surface area contributed by atoms with Crippen molar-refractivity contribution in [2.45, 2.75) is 25.9 Å². The summed E-state index contributed by atoms with van der Waals surface area (Å²) in [4.78, 5) is 16.1. The minimum absolute atomic E-state index is 0.0810. The van der Waals surface area contributed by atoms with Crippen LogP contribution < -0.4 is 16.4 Å². The zero-order valence-electron chi connectivity index (χ0n) is 16.6. The van der Waals surface area contributed by atoms with Crippen LogP contribution in [0.15, 0.2) is 42.6 Å². The van der Waals surface area contributed by atoms with E-state index in [0.717, 1.165) is 37.2 Å². The van der Waals surface area contributed by atoms with Crippen molar-refractivity contribution in [3.05, 3.63) is 93.6 Å². The van der Waals surface area contributed by atoms with E-state index in [9.17, 15) is 18.0 Å². The van der Waals surface area contributed by atoms with Crippen molar-refractivity contribution in [2.75, 3.05) is 11.9 Å². The molecular formula is C23H21F3N4O. The Morgan fingerprint density at radius 2 is 1.90 bits per heavy atom. The summed E-state index contributed by atoms with van der Waals surface area (Å²) in [6, 6.07) is 9.46. The van der Waals surface area contributed by atoms with Crippen molar-refractivity contribution in [2.24, 2.45) is 5.73 Å². The Labute approximate surface area is 177 Å². The van der Waals surface area contributed by atoms with Crippen molar-refractivity contribution in [1.29, 1.82) is 0 Å². The van der Waals surface area contributed by atoms with Gasteiger partial charge < -0.3 is 16.4 Å². The molecule has 1 aliphatic rings. The van der Waals surface area contributed by atoms with Gasteiger partial charge in [0.05, 0.1) is 11.3 Å². The molecule has 8 heteroatoms. The van der Waals surface area contributed by atoms with Gasteiger partial charge in [0.1, 0.15) is 5.82 Å². The molecule has 1 aliphatic heterocycles. The maximum atomic E-state index is 14.0. The number of hydrogen-bond acceptors (Lipinski definition) is 4. The molecule has 0 fully saturated rings. The second-order valence-electron chi connectivity index (χ2n) is 7.47. The Hall–Kier alpha value is -3.39. The molecule has 0 spiro atoms. The van der Waals surface area contributed by atoms with Gasteiger partial charge in [-0.25, -0.2) is 13.2 Å². The number of primary amides is 1. The predicted octanol–water partition coefficient (Wildman–Crippen LogP) is 3.45. The molecule has 1 amide bonds. The number of nitrogens with one attached hydrogen (secondary N) is 2. The summed E-state index contributed by atoms with van der Waals surface area (Å²) in [6.07, 6.45) is 2.80. The summed E-state index contributed by atoms with van der Waals surface area (Å²) in [5, 5.41) is 6.13. The number of fused-ring (bicyclic) bond motifs is 1. The third kappa shape index (κ3) is 4.54. The summed E-state index contributed by atoms with van der Waals surface area (Å²) < 4.78 is 41.4. The zero-order chi connectivity index (χ0) is 22.0. The lowest BCUT2D eigenvalue weighted by molar-refractivity contribution is 0.100. The van der Waals surface area contributed by atoms with Gasteiger partial charge in [-0.3, -0.25) is 9.78 Å². The molecular weight excluding hydrogens is 405 g/mol. The third-order valence-electron chi connectivity index (χ3n) is 5.36. The minimum atomic E-state index is -1.27. The van der Waals surface area contributed by atoms with E-state index in [0.29, 0.717) is 12.1 Å². The van der Waals surface area contributed by atoms with Gasteiger partial charge in [0.15, 0.2) is 11.6 Å². The van der Waals surface area contributed by atoms with E-state index in [1.165, 1.54) is 17.3 Å². The highest BCUT2D eigenvalue weighted by Gasteiger charge is 2.16. The summed E-state index contributed by atoms with van der Waals surface area (Å²) in [6.45, 7) is 1.43. The number of rotatable bonds is 6. The second kappa shape index (κ2) is 8.77. The molecule has 1 aromatic heterocycles. The highest BCUT2D eigenvalue weighted by molar-refractivity contribution is 5.98. The molecule has 4 N–H and O–H groups in total. The maximum absolute atomic E-state index is 14.0. The largest absolute Gasteiger partial charge is 0.380 e. The van der Waals surface area contributed by atoms with Crippen LogP contribution in [0.25, 0.3) is 0 Å². The van der Waals surface area contributed by atoms with E-state index in [1.807, 2.05) is 6.07 Å². The SMILES string of the molecule is NC(=O)c1cnc(Cc2ccc3c(c2)CCNC3)cc1NCc1c(F)ccc(F)c1F. The molecule has 2 aromatic carbocycles. The first kappa shape index (κ1) is 20.9. The number of hydrogen-bond donors (Lipinski definition) is 3. The van der Waals surface area contributed by atoms with Crippen LogP contribution in [0.5, 0.6) is 0 Å². The van der Waals surface area contributed by atoms with Gasteiger partial charge >= 0.3 is 0 Å². The Bertz CT molecular complexity index is 1150. The van der Waals surface area contributed by atoms with Crippen LogP contribution in [0.3, 0.4) is 0 Å². The van der Waals surface area contributed by atoms with E-state index < -0.39 is 28.9 Å². The lowest BCUT2D eigenvalue weighted by Crippen LogP contribution is -2.23. The van der Waals surface area contributed by atoms with Crippen LogP contribution in [-0.4, -0.2) is 17.4 Å². The van der Waals surface area contributed by atoms with Crippen LogP contribution in [0.2, 0.25) is 0 Å². The van der Waals surface area contributed by atoms with Gasteiger partial charge in [-0.05, 0) is 47.9 Å². The highest BCUT2D eigenvalue weighted by atomic mass is 19.2. The molecule has 160 valence electrons. The molecule has 0 unspecified atom stereocenters. The average Bonchev–Trinajstić information content (AvgIpc) is 2.76. The van der Waals surface area contributed by atoms with E-state index in [4.69, 9.17) is 5.73 Å². The summed E-state index contributed by atoms with van der Waals surface area (Å²) in [7, 11) is 0. The molecule has 31 heavy (non-hydrogen) atoms. The lowest BCUT2D eigenvalue weighted by Gasteiger charge is -2.18. The number of aromatic nitrogens is 1. The van der Waals surface area contributed by atoms with E-state index in [1.54, 1.807) is 6.07 Å². The number of amides is 1. The second-order valence-corrected chi connectivity index (χ2v) is 7.47. The summed E-state index contributed by atoms with van der Waals surface area (Å²) in [5.74, 6) is -4.04. The van der Waals surface area contributed by atoms with Gasteiger partial charge in [-0.15, -0.1) is 0 Å². The first-order valence-corrected chi connectivity index (χ1v) is 9.88. The van der Waals surface area contributed by atoms with Crippen LogP contribution in [0.4, 0.5) is 18.9 Å². The van der Waals surface area contributed by atoms with Crippen LogP contribution in [-0.2, 0) is 25.9 Å². The number of carbonyl (C=O) groups excluding carboxylic acids is 1. The normalized spacial score (nSPS) is 13.0.